The zero-order valence-electron chi connectivity index (χ0n) is 10.2. The summed E-state index contributed by atoms with van der Waals surface area (Å²) in [5, 5.41) is 0. The van der Waals surface area contributed by atoms with Crippen LogP contribution in [0.3, 0.4) is 0 Å². The number of halogens is 4. The van der Waals surface area contributed by atoms with Gasteiger partial charge in [-0.25, -0.2) is 4.39 Å². The molecule has 0 amide bonds. The van der Waals surface area contributed by atoms with Crippen molar-refractivity contribution in [3.63, 3.8) is 0 Å². The van der Waals surface area contributed by atoms with E-state index in [9.17, 15) is 22.4 Å². The van der Waals surface area contributed by atoms with Gasteiger partial charge in [0.1, 0.15) is 5.82 Å². The normalized spacial score (nSPS) is 24.2. The lowest BCUT2D eigenvalue weighted by Crippen LogP contribution is -2.31. The second-order valence-corrected chi connectivity index (χ2v) is 4.97. The van der Waals surface area contributed by atoms with E-state index in [4.69, 9.17) is 0 Å². The average Bonchev–Trinajstić information content (AvgIpc) is 2.38. The Morgan fingerprint density at radius 3 is 2.32 bits per heavy atom. The highest BCUT2D eigenvalue weighted by Gasteiger charge is 2.43. The van der Waals surface area contributed by atoms with Gasteiger partial charge in [0.25, 0.3) is 0 Å². The molecular formula is C14H14F4O. The summed E-state index contributed by atoms with van der Waals surface area (Å²) in [5.41, 5.74) is 0.286. The van der Waals surface area contributed by atoms with Crippen LogP contribution in [0.25, 0.3) is 0 Å². The van der Waals surface area contributed by atoms with Gasteiger partial charge in [0.15, 0.2) is 5.78 Å². The van der Waals surface area contributed by atoms with Gasteiger partial charge in [0, 0.05) is 11.5 Å². The lowest BCUT2D eigenvalue weighted by atomic mass is 9.77. The second kappa shape index (κ2) is 5.31. The topological polar surface area (TPSA) is 17.1 Å². The van der Waals surface area contributed by atoms with E-state index >= 15 is 0 Å². The van der Waals surface area contributed by atoms with Crippen molar-refractivity contribution in [2.24, 2.45) is 11.8 Å². The molecule has 1 aliphatic rings. The first-order valence-electron chi connectivity index (χ1n) is 6.24. The SMILES string of the molecule is O=C(c1ccc(F)cc1)C1CCCC(C(F)(F)F)C1. The molecule has 1 aromatic carbocycles. The molecule has 19 heavy (non-hydrogen) atoms. The Kier molecular flexibility index (Phi) is 3.92. The smallest absolute Gasteiger partial charge is 0.294 e. The van der Waals surface area contributed by atoms with Crippen molar-refractivity contribution in [3.05, 3.63) is 35.6 Å². The molecule has 0 saturated heterocycles. The zero-order valence-corrected chi connectivity index (χ0v) is 10.2. The summed E-state index contributed by atoms with van der Waals surface area (Å²) in [6.07, 6.45) is -3.41. The van der Waals surface area contributed by atoms with Crippen molar-refractivity contribution >= 4 is 5.78 Å². The molecule has 0 aliphatic heterocycles. The van der Waals surface area contributed by atoms with Crippen LogP contribution in [-0.4, -0.2) is 12.0 Å². The number of benzene rings is 1. The summed E-state index contributed by atoms with van der Waals surface area (Å²) < 4.78 is 50.8. The van der Waals surface area contributed by atoms with Crippen molar-refractivity contribution in [1.29, 1.82) is 0 Å². The number of hydrogen-bond donors (Lipinski definition) is 0. The molecule has 1 aliphatic carbocycles. The minimum absolute atomic E-state index is 0.0939. The van der Waals surface area contributed by atoms with Crippen LogP contribution >= 0.6 is 0 Å². The van der Waals surface area contributed by atoms with Crippen molar-refractivity contribution in [3.8, 4) is 0 Å². The maximum absolute atomic E-state index is 12.8. The number of carbonyl (C=O) groups is 1. The van der Waals surface area contributed by atoms with Crippen LogP contribution in [-0.2, 0) is 0 Å². The van der Waals surface area contributed by atoms with Crippen LogP contribution in [0.15, 0.2) is 24.3 Å². The summed E-state index contributed by atoms with van der Waals surface area (Å²) in [7, 11) is 0. The zero-order chi connectivity index (χ0) is 14.0. The predicted octanol–water partition coefficient (Wildman–Crippen LogP) is 4.38. The van der Waals surface area contributed by atoms with Crippen molar-refractivity contribution in [2.45, 2.75) is 31.9 Å². The molecule has 5 heteroatoms. The molecule has 0 bridgehead atoms. The highest BCUT2D eigenvalue weighted by Crippen LogP contribution is 2.40. The van der Waals surface area contributed by atoms with Crippen LogP contribution in [0.2, 0.25) is 0 Å². The minimum Gasteiger partial charge on any atom is -0.294 e. The fourth-order valence-electron chi connectivity index (χ4n) is 2.58. The van der Waals surface area contributed by atoms with E-state index in [1.54, 1.807) is 0 Å². The predicted molar refractivity (Wildman–Crippen MR) is 62.2 cm³/mol. The fourth-order valence-corrected chi connectivity index (χ4v) is 2.58. The third-order valence-electron chi connectivity index (χ3n) is 3.64. The Morgan fingerprint density at radius 2 is 1.74 bits per heavy atom. The van der Waals surface area contributed by atoms with Gasteiger partial charge in [-0.2, -0.15) is 13.2 Å². The van der Waals surface area contributed by atoms with Crippen molar-refractivity contribution in [1.82, 2.24) is 0 Å². The second-order valence-electron chi connectivity index (χ2n) is 4.97. The number of Topliss-reactive ketones (excluding diaryl/α,β-unsaturated/α-hetero) is 1. The molecular weight excluding hydrogens is 260 g/mol. The maximum atomic E-state index is 12.8. The molecule has 104 valence electrons. The highest BCUT2D eigenvalue weighted by atomic mass is 19.4. The molecule has 2 atom stereocenters. The molecule has 0 heterocycles. The van der Waals surface area contributed by atoms with Gasteiger partial charge in [-0.15, -0.1) is 0 Å². The van der Waals surface area contributed by atoms with Crippen LogP contribution < -0.4 is 0 Å². The van der Waals surface area contributed by atoms with Crippen LogP contribution in [0, 0.1) is 17.7 Å². The number of rotatable bonds is 2. The van der Waals surface area contributed by atoms with E-state index in [0.717, 1.165) is 12.1 Å². The van der Waals surface area contributed by atoms with Gasteiger partial charge in [-0.1, -0.05) is 6.42 Å². The minimum atomic E-state index is -4.23. The Hall–Kier alpha value is -1.39. The van der Waals surface area contributed by atoms with Gasteiger partial charge >= 0.3 is 6.18 Å². The number of ketones is 1. The standard InChI is InChI=1S/C14H14F4O/c15-12-6-4-9(5-7-12)13(19)10-2-1-3-11(8-10)14(16,17)18/h4-7,10-11H,1-3,8H2. The Morgan fingerprint density at radius 1 is 1.11 bits per heavy atom. The molecule has 0 aromatic heterocycles. The molecule has 1 aromatic rings. The molecule has 2 unspecified atom stereocenters. The number of carbonyl (C=O) groups excluding carboxylic acids is 1. The lowest BCUT2D eigenvalue weighted by Gasteiger charge is -2.29. The van der Waals surface area contributed by atoms with Gasteiger partial charge in [0.2, 0.25) is 0 Å². The Labute approximate surface area is 108 Å². The van der Waals surface area contributed by atoms with E-state index in [1.165, 1.54) is 12.1 Å². The van der Waals surface area contributed by atoms with Crippen LogP contribution in [0.5, 0.6) is 0 Å². The summed E-state index contributed by atoms with van der Waals surface area (Å²) in [5.74, 6) is -2.77. The van der Waals surface area contributed by atoms with Crippen LogP contribution in [0.4, 0.5) is 17.6 Å². The summed E-state index contributed by atoms with van der Waals surface area (Å²) in [6.45, 7) is 0. The number of alkyl halides is 3. The average molecular weight is 274 g/mol. The van der Waals surface area contributed by atoms with E-state index < -0.39 is 23.8 Å². The van der Waals surface area contributed by atoms with E-state index in [0.29, 0.717) is 12.8 Å². The molecule has 2 rings (SSSR count). The molecule has 1 fully saturated rings. The quantitative estimate of drug-likeness (QED) is 0.578. The van der Waals surface area contributed by atoms with Crippen molar-refractivity contribution in [2.75, 3.05) is 0 Å². The van der Waals surface area contributed by atoms with E-state index in [1.807, 2.05) is 0 Å². The molecule has 1 saturated carbocycles. The lowest BCUT2D eigenvalue weighted by molar-refractivity contribution is -0.184. The van der Waals surface area contributed by atoms with Gasteiger partial charge < -0.3 is 0 Å². The maximum Gasteiger partial charge on any atom is 0.391 e. The summed E-state index contributed by atoms with van der Waals surface area (Å²) in [6, 6.07) is 4.96. The first-order chi connectivity index (χ1) is 8.88. The summed E-state index contributed by atoms with van der Waals surface area (Å²) in [4.78, 5) is 12.1. The molecule has 0 radical (unpaired) electrons. The first kappa shape index (κ1) is 14.0. The number of hydrogen-bond acceptors (Lipinski definition) is 1. The third-order valence-corrected chi connectivity index (χ3v) is 3.64. The Bertz CT molecular complexity index is 450. The van der Waals surface area contributed by atoms with Gasteiger partial charge in [0.05, 0.1) is 5.92 Å². The molecule has 0 N–H and O–H groups in total. The largest absolute Gasteiger partial charge is 0.391 e. The van der Waals surface area contributed by atoms with Crippen molar-refractivity contribution < 1.29 is 22.4 Å². The Balaban J connectivity index is 2.09. The van der Waals surface area contributed by atoms with E-state index in [-0.39, 0.29) is 24.2 Å². The molecule has 1 nitrogen and oxygen atoms in total. The first-order valence-corrected chi connectivity index (χ1v) is 6.24. The third kappa shape index (κ3) is 3.33. The monoisotopic (exact) mass is 274 g/mol. The van der Waals surface area contributed by atoms with Gasteiger partial charge in [-0.05, 0) is 43.5 Å². The fraction of sp³-hybridized carbons (Fsp3) is 0.500. The van der Waals surface area contributed by atoms with Crippen LogP contribution in [0.1, 0.15) is 36.0 Å². The van der Waals surface area contributed by atoms with E-state index in [2.05, 4.69) is 0 Å². The van der Waals surface area contributed by atoms with Gasteiger partial charge in [-0.3, -0.25) is 4.79 Å². The molecule has 0 spiro atoms. The highest BCUT2D eigenvalue weighted by molar-refractivity contribution is 5.97. The summed E-state index contributed by atoms with van der Waals surface area (Å²) >= 11 is 0.